The fourth-order valence-electron chi connectivity index (χ4n) is 2.42. The Hall–Kier alpha value is -2.45. The quantitative estimate of drug-likeness (QED) is 0.671. The molecule has 2 aromatic carbocycles. The molecule has 1 heterocycles. The number of urea groups is 1. The average molecular weight is 419 g/mol. The van der Waals surface area contributed by atoms with E-state index in [0.717, 1.165) is 36.1 Å². The highest BCUT2D eigenvalue weighted by Crippen LogP contribution is 2.33. The summed E-state index contributed by atoms with van der Waals surface area (Å²) in [7, 11) is 0. The molecule has 0 fully saturated rings. The Kier molecular flexibility index (Phi) is 6.56. The van der Waals surface area contributed by atoms with Crippen LogP contribution in [-0.2, 0) is 6.18 Å². The van der Waals surface area contributed by atoms with Crippen molar-refractivity contribution in [2.24, 2.45) is 4.99 Å². The fourth-order valence-corrected chi connectivity index (χ4v) is 2.58. The normalized spacial score (nSPS) is 13.3. The van der Waals surface area contributed by atoms with Crippen molar-refractivity contribution >= 4 is 47.2 Å². The van der Waals surface area contributed by atoms with E-state index < -0.39 is 17.8 Å². The summed E-state index contributed by atoms with van der Waals surface area (Å²) < 4.78 is 38.4. The molecule has 1 aliphatic rings. The third kappa shape index (κ3) is 5.27. The maximum atomic E-state index is 12.8. The molecule has 2 amide bonds. The number of nitrogens with one attached hydrogen (secondary N) is 3. The summed E-state index contributed by atoms with van der Waals surface area (Å²) in [5.74, 6) is 0.731. The molecule has 0 saturated carbocycles. The van der Waals surface area contributed by atoms with Crippen molar-refractivity contribution < 1.29 is 18.0 Å². The highest BCUT2D eigenvalue weighted by molar-refractivity contribution is 6.33. The number of benzene rings is 2. The molecule has 3 N–H and O–H groups in total. The number of hydrogen-bond donors (Lipinski definition) is 3. The lowest BCUT2D eigenvalue weighted by atomic mass is 10.2. The van der Waals surface area contributed by atoms with E-state index >= 15 is 0 Å². The second-order valence-corrected chi connectivity index (χ2v) is 5.92. The Morgan fingerprint density at radius 3 is 2.59 bits per heavy atom. The van der Waals surface area contributed by atoms with Gasteiger partial charge in [0.2, 0.25) is 0 Å². The van der Waals surface area contributed by atoms with Gasteiger partial charge in [0.1, 0.15) is 5.84 Å². The Morgan fingerprint density at radius 1 is 1.15 bits per heavy atom. The second kappa shape index (κ2) is 8.49. The molecule has 144 valence electrons. The summed E-state index contributed by atoms with van der Waals surface area (Å²) in [6.45, 7) is 1.43. The molecule has 0 bridgehead atoms. The molecule has 0 saturated heterocycles. The van der Waals surface area contributed by atoms with Crippen molar-refractivity contribution in [2.45, 2.75) is 6.18 Å². The fraction of sp³-hybridized carbons (Fsp3) is 0.176. The first-order valence-corrected chi connectivity index (χ1v) is 8.04. The molecule has 0 spiro atoms. The van der Waals surface area contributed by atoms with Crippen molar-refractivity contribution in [3.63, 3.8) is 0 Å². The first kappa shape index (κ1) is 20.9. The van der Waals surface area contributed by atoms with Crippen molar-refractivity contribution in [2.75, 3.05) is 23.7 Å². The number of halogens is 5. The van der Waals surface area contributed by atoms with E-state index in [0.29, 0.717) is 12.2 Å². The minimum Gasteiger partial charge on any atom is -0.368 e. The maximum absolute atomic E-state index is 12.8. The number of carbonyl (C=O) groups is 1. The molecule has 2 aromatic rings. The monoisotopic (exact) mass is 418 g/mol. The summed E-state index contributed by atoms with van der Waals surface area (Å²) in [5.41, 5.74) is 0.249. The van der Waals surface area contributed by atoms with Gasteiger partial charge in [-0.1, -0.05) is 23.7 Å². The van der Waals surface area contributed by atoms with E-state index in [1.165, 1.54) is 0 Å². The van der Waals surface area contributed by atoms with Gasteiger partial charge < -0.3 is 16.0 Å². The van der Waals surface area contributed by atoms with Crippen molar-refractivity contribution in [1.29, 1.82) is 0 Å². The van der Waals surface area contributed by atoms with E-state index in [-0.39, 0.29) is 23.1 Å². The second-order valence-electron chi connectivity index (χ2n) is 5.51. The van der Waals surface area contributed by atoms with Crippen LogP contribution in [0.15, 0.2) is 47.5 Å². The largest absolute Gasteiger partial charge is 0.416 e. The first-order chi connectivity index (χ1) is 12.3. The van der Waals surface area contributed by atoms with Gasteiger partial charge in [-0.3, -0.25) is 4.99 Å². The number of hydrogen-bond acceptors (Lipinski definition) is 3. The molecule has 27 heavy (non-hydrogen) atoms. The molecule has 1 aliphatic heterocycles. The Morgan fingerprint density at radius 2 is 1.93 bits per heavy atom. The van der Waals surface area contributed by atoms with Crippen LogP contribution in [0.25, 0.3) is 0 Å². The van der Waals surface area contributed by atoms with Gasteiger partial charge in [0.25, 0.3) is 0 Å². The van der Waals surface area contributed by atoms with Crippen LogP contribution in [0.5, 0.6) is 0 Å². The Balaban J connectivity index is 0.00000261. The van der Waals surface area contributed by atoms with Crippen LogP contribution in [0.1, 0.15) is 11.1 Å². The zero-order valence-corrected chi connectivity index (χ0v) is 15.3. The van der Waals surface area contributed by atoms with Gasteiger partial charge in [0.05, 0.1) is 22.8 Å². The third-order valence-electron chi connectivity index (χ3n) is 3.61. The molecular weight excluding hydrogens is 404 g/mol. The Labute approximate surface area is 164 Å². The van der Waals surface area contributed by atoms with Crippen LogP contribution >= 0.6 is 24.0 Å². The standard InChI is InChI=1S/C17H14ClF3N4O.ClH/c18-13-5-4-11(17(19,20)21)9-14(13)25-16(26)24-12-3-1-2-10(8-12)15-22-6-7-23-15;/h1-5,8-9H,6-7H2,(H,22,23)(H2,24,25,26);1H. The molecule has 0 radical (unpaired) electrons. The van der Waals surface area contributed by atoms with E-state index in [2.05, 4.69) is 20.9 Å². The van der Waals surface area contributed by atoms with Gasteiger partial charge in [0, 0.05) is 17.8 Å². The van der Waals surface area contributed by atoms with Gasteiger partial charge in [-0.15, -0.1) is 12.4 Å². The maximum Gasteiger partial charge on any atom is 0.416 e. The van der Waals surface area contributed by atoms with E-state index in [1.807, 2.05) is 6.07 Å². The summed E-state index contributed by atoms with van der Waals surface area (Å²) >= 11 is 5.87. The van der Waals surface area contributed by atoms with Crippen LogP contribution in [0, 0.1) is 0 Å². The molecule has 10 heteroatoms. The van der Waals surface area contributed by atoms with Gasteiger partial charge in [-0.25, -0.2) is 4.79 Å². The van der Waals surface area contributed by atoms with Gasteiger partial charge in [0.15, 0.2) is 0 Å². The lowest BCUT2D eigenvalue weighted by Crippen LogP contribution is -2.22. The first-order valence-electron chi connectivity index (χ1n) is 7.66. The number of alkyl halides is 3. The molecule has 0 aliphatic carbocycles. The van der Waals surface area contributed by atoms with Crippen molar-refractivity contribution in [3.8, 4) is 0 Å². The lowest BCUT2D eigenvalue weighted by Gasteiger charge is -2.13. The molecule has 0 aromatic heterocycles. The van der Waals surface area contributed by atoms with Crippen molar-refractivity contribution in [3.05, 3.63) is 58.6 Å². The topological polar surface area (TPSA) is 65.5 Å². The zero-order chi connectivity index (χ0) is 18.7. The number of aliphatic imine (C=N–C) groups is 1. The number of amidine groups is 1. The minimum atomic E-state index is -4.53. The lowest BCUT2D eigenvalue weighted by molar-refractivity contribution is -0.137. The molecular formula is C17H15Cl2F3N4O. The van der Waals surface area contributed by atoms with E-state index in [1.54, 1.807) is 18.2 Å². The highest BCUT2D eigenvalue weighted by Gasteiger charge is 2.31. The van der Waals surface area contributed by atoms with Crippen molar-refractivity contribution in [1.82, 2.24) is 5.32 Å². The summed E-state index contributed by atoms with van der Waals surface area (Å²) in [5, 5.41) is 8.02. The molecule has 5 nitrogen and oxygen atoms in total. The smallest absolute Gasteiger partial charge is 0.368 e. The zero-order valence-electron chi connectivity index (χ0n) is 13.7. The number of amides is 2. The van der Waals surface area contributed by atoms with Gasteiger partial charge >= 0.3 is 12.2 Å². The summed E-state index contributed by atoms with van der Waals surface area (Å²) in [6, 6.07) is 8.97. The summed E-state index contributed by atoms with van der Waals surface area (Å²) in [6.07, 6.45) is -4.53. The van der Waals surface area contributed by atoms with Gasteiger partial charge in [-0.2, -0.15) is 13.2 Å². The predicted octanol–water partition coefficient (Wildman–Crippen LogP) is 4.77. The third-order valence-corrected chi connectivity index (χ3v) is 3.94. The van der Waals surface area contributed by atoms with E-state index in [9.17, 15) is 18.0 Å². The van der Waals surface area contributed by atoms with Crippen LogP contribution in [0.2, 0.25) is 5.02 Å². The Bertz CT molecular complexity index is 871. The molecule has 0 unspecified atom stereocenters. The van der Waals surface area contributed by atoms with E-state index in [4.69, 9.17) is 11.6 Å². The van der Waals surface area contributed by atoms with Crippen LogP contribution in [-0.4, -0.2) is 25.0 Å². The SMILES string of the molecule is Cl.O=C(Nc1cccc(C2=NCCN2)c1)Nc1cc(C(F)(F)F)ccc1Cl. The minimum absolute atomic E-state index is 0. The number of nitrogens with zero attached hydrogens (tertiary/aromatic N) is 1. The highest BCUT2D eigenvalue weighted by atomic mass is 35.5. The van der Waals surface area contributed by atoms with Crippen LogP contribution < -0.4 is 16.0 Å². The molecule has 3 rings (SSSR count). The number of rotatable bonds is 3. The number of anilines is 2. The van der Waals surface area contributed by atoms with Gasteiger partial charge in [-0.05, 0) is 30.3 Å². The van der Waals surface area contributed by atoms with Crippen LogP contribution in [0.4, 0.5) is 29.3 Å². The summed E-state index contributed by atoms with van der Waals surface area (Å²) in [4.78, 5) is 16.4. The number of carbonyl (C=O) groups excluding carboxylic acids is 1. The average Bonchev–Trinajstić information content (AvgIpc) is 3.10. The molecule has 0 atom stereocenters. The predicted molar refractivity (Wildman–Crippen MR) is 102 cm³/mol. The van der Waals surface area contributed by atoms with Crippen LogP contribution in [0.3, 0.4) is 0 Å².